The van der Waals surface area contributed by atoms with E-state index in [1.165, 1.54) is 18.2 Å². The van der Waals surface area contributed by atoms with Crippen molar-refractivity contribution in [2.45, 2.75) is 26.5 Å². The average molecular weight is 366 g/mol. The zero-order valence-corrected chi connectivity index (χ0v) is 14.9. The Kier molecular flexibility index (Phi) is 5.03. The minimum absolute atomic E-state index is 0.0271. The SMILES string of the molecule is CC(C)OC(=O)c1ccc(Cn2c(=O)ccc3cc([N+](=O)[O-])ccc32)cc1. The van der Waals surface area contributed by atoms with E-state index in [2.05, 4.69) is 0 Å². The molecule has 0 N–H and O–H groups in total. The summed E-state index contributed by atoms with van der Waals surface area (Å²) in [7, 11) is 0. The number of hydrogen-bond donors (Lipinski definition) is 0. The van der Waals surface area contributed by atoms with Crippen molar-refractivity contribution in [1.29, 1.82) is 0 Å². The van der Waals surface area contributed by atoms with Crippen molar-refractivity contribution in [3.63, 3.8) is 0 Å². The number of nitro groups is 1. The second kappa shape index (κ2) is 7.41. The number of nitrogens with zero attached hydrogens (tertiary/aromatic N) is 2. The summed E-state index contributed by atoms with van der Waals surface area (Å²) < 4.78 is 6.69. The third kappa shape index (κ3) is 4.03. The molecule has 138 valence electrons. The lowest BCUT2D eigenvalue weighted by Gasteiger charge is -2.11. The first-order chi connectivity index (χ1) is 12.8. The van der Waals surface area contributed by atoms with Crippen LogP contribution in [0.4, 0.5) is 5.69 Å². The van der Waals surface area contributed by atoms with Crippen molar-refractivity contribution in [1.82, 2.24) is 4.57 Å². The molecule has 0 saturated carbocycles. The predicted octanol–water partition coefficient (Wildman–Crippen LogP) is 3.52. The highest BCUT2D eigenvalue weighted by Crippen LogP contribution is 2.20. The Bertz CT molecular complexity index is 1070. The maximum absolute atomic E-state index is 12.3. The Balaban J connectivity index is 1.92. The summed E-state index contributed by atoms with van der Waals surface area (Å²) in [4.78, 5) is 34.7. The normalized spacial score (nSPS) is 10.9. The molecule has 0 aliphatic heterocycles. The van der Waals surface area contributed by atoms with Crippen LogP contribution in [0.15, 0.2) is 59.4 Å². The van der Waals surface area contributed by atoms with E-state index in [9.17, 15) is 19.7 Å². The van der Waals surface area contributed by atoms with Gasteiger partial charge >= 0.3 is 5.97 Å². The van der Waals surface area contributed by atoms with E-state index in [0.717, 1.165) is 5.56 Å². The number of carbonyl (C=O) groups excluding carboxylic acids is 1. The Morgan fingerprint density at radius 3 is 2.44 bits per heavy atom. The van der Waals surface area contributed by atoms with Gasteiger partial charge in [-0.15, -0.1) is 0 Å². The quantitative estimate of drug-likeness (QED) is 0.391. The minimum atomic E-state index is -0.468. The highest BCUT2D eigenvalue weighted by atomic mass is 16.6. The molecule has 0 saturated heterocycles. The van der Waals surface area contributed by atoms with Crippen LogP contribution in [0, 0.1) is 10.1 Å². The van der Waals surface area contributed by atoms with Gasteiger partial charge in [-0.3, -0.25) is 14.9 Å². The number of hydrogen-bond acceptors (Lipinski definition) is 5. The molecule has 0 bridgehead atoms. The topological polar surface area (TPSA) is 91.4 Å². The van der Waals surface area contributed by atoms with Crippen LogP contribution in [-0.4, -0.2) is 21.6 Å². The van der Waals surface area contributed by atoms with E-state index in [1.54, 1.807) is 54.8 Å². The number of nitro benzene ring substituents is 1. The molecule has 0 spiro atoms. The van der Waals surface area contributed by atoms with Crippen LogP contribution in [0.2, 0.25) is 0 Å². The summed E-state index contributed by atoms with van der Waals surface area (Å²) >= 11 is 0. The van der Waals surface area contributed by atoms with Crippen molar-refractivity contribution in [2.24, 2.45) is 0 Å². The van der Waals surface area contributed by atoms with Gasteiger partial charge in [0.25, 0.3) is 11.2 Å². The average Bonchev–Trinajstić information content (AvgIpc) is 2.63. The fourth-order valence-corrected chi connectivity index (χ4v) is 2.78. The maximum Gasteiger partial charge on any atom is 0.338 e. The summed E-state index contributed by atoms with van der Waals surface area (Å²) in [5.74, 6) is -0.397. The van der Waals surface area contributed by atoms with Crippen LogP contribution < -0.4 is 5.56 Å². The van der Waals surface area contributed by atoms with Crippen molar-refractivity contribution < 1.29 is 14.5 Å². The van der Waals surface area contributed by atoms with Gasteiger partial charge in [-0.2, -0.15) is 0 Å². The number of rotatable bonds is 5. The van der Waals surface area contributed by atoms with E-state index in [-0.39, 0.29) is 23.9 Å². The minimum Gasteiger partial charge on any atom is -0.459 e. The highest BCUT2D eigenvalue weighted by Gasteiger charge is 2.11. The van der Waals surface area contributed by atoms with E-state index in [0.29, 0.717) is 16.5 Å². The van der Waals surface area contributed by atoms with Crippen molar-refractivity contribution in [3.8, 4) is 0 Å². The second-order valence-corrected chi connectivity index (χ2v) is 6.41. The Hall–Kier alpha value is -3.48. The lowest BCUT2D eigenvalue weighted by Crippen LogP contribution is -2.20. The summed E-state index contributed by atoms with van der Waals surface area (Å²) in [6, 6.07) is 14.2. The number of pyridine rings is 1. The third-order valence-electron chi connectivity index (χ3n) is 4.06. The molecule has 3 rings (SSSR count). The molecule has 1 aromatic heterocycles. The Morgan fingerprint density at radius 2 is 1.81 bits per heavy atom. The molecule has 1 heterocycles. The van der Waals surface area contributed by atoms with Crippen LogP contribution in [0.1, 0.15) is 29.8 Å². The Morgan fingerprint density at radius 1 is 1.11 bits per heavy atom. The predicted molar refractivity (Wildman–Crippen MR) is 101 cm³/mol. The largest absolute Gasteiger partial charge is 0.459 e. The highest BCUT2D eigenvalue weighted by molar-refractivity contribution is 5.89. The van der Waals surface area contributed by atoms with Crippen LogP contribution in [0.25, 0.3) is 10.9 Å². The number of fused-ring (bicyclic) bond motifs is 1. The summed E-state index contributed by atoms with van der Waals surface area (Å²) in [6.45, 7) is 3.85. The monoisotopic (exact) mass is 366 g/mol. The molecule has 7 nitrogen and oxygen atoms in total. The molecular weight excluding hydrogens is 348 g/mol. The molecule has 0 unspecified atom stereocenters. The fourth-order valence-electron chi connectivity index (χ4n) is 2.78. The first kappa shape index (κ1) is 18.3. The number of carbonyl (C=O) groups is 1. The standard InChI is InChI=1S/C20H18N2O5/c1-13(2)27-20(24)15-5-3-14(4-6-15)12-21-18-9-8-17(22(25)26)11-16(18)7-10-19(21)23/h3-11,13H,12H2,1-2H3. The molecule has 0 amide bonds. The molecule has 3 aromatic rings. The van der Waals surface area contributed by atoms with E-state index >= 15 is 0 Å². The molecule has 0 fully saturated rings. The van der Waals surface area contributed by atoms with Gasteiger partial charge < -0.3 is 9.30 Å². The lowest BCUT2D eigenvalue weighted by molar-refractivity contribution is -0.384. The number of esters is 1. The van der Waals surface area contributed by atoms with Gasteiger partial charge in [-0.25, -0.2) is 4.79 Å². The Labute approximate surface area is 155 Å². The van der Waals surface area contributed by atoms with Gasteiger partial charge in [0, 0.05) is 23.6 Å². The number of aromatic nitrogens is 1. The fraction of sp³-hybridized carbons (Fsp3) is 0.200. The zero-order chi connectivity index (χ0) is 19.6. The van der Waals surface area contributed by atoms with Gasteiger partial charge in [0.1, 0.15) is 0 Å². The van der Waals surface area contributed by atoms with Crippen LogP contribution >= 0.6 is 0 Å². The van der Waals surface area contributed by atoms with Crippen LogP contribution in [0.5, 0.6) is 0 Å². The number of benzene rings is 2. The first-order valence-corrected chi connectivity index (χ1v) is 8.43. The van der Waals surface area contributed by atoms with Gasteiger partial charge in [0.2, 0.25) is 0 Å². The van der Waals surface area contributed by atoms with Crippen molar-refractivity contribution >= 4 is 22.6 Å². The molecule has 27 heavy (non-hydrogen) atoms. The van der Waals surface area contributed by atoms with Crippen LogP contribution in [-0.2, 0) is 11.3 Å². The van der Waals surface area contributed by atoms with E-state index in [1.807, 2.05) is 0 Å². The first-order valence-electron chi connectivity index (χ1n) is 8.43. The summed E-state index contributed by atoms with van der Waals surface area (Å²) in [6.07, 6.45) is -0.199. The van der Waals surface area contributed by atoms with Gasteiger partial charge in [-0.1, -0.05) is 12.1 Å². The van der Waals surface area contributed by atoms with E-state index < -0.39 is 10.9 Å². The number of non-ortho nitro benzene ring substituents is 1. The maximum atomic E-state index is 12.3. The zero-order valence-electron chi connectivity index (χ0n) is 14.9. The molecular formula is C20H18N2O5. The molecule has 0 aliphatic carbocycles. The third-order valence-corrected chi connectivity index (χ3v) is 4.06. The number of ether oxygens (including phenoxy) is 1. The molecule has 0 radical (unpaired) electrons. The molecule has 2 aromatic carbocycles. The van der Waals surface area contributed by atoms with Crippen molar-refractivity contribution in [2.75, 3.05) is 0 Å². The summed E-state index contributed by atoms with van der Waals surface area (Å²) in [5.41, 5.74) is 1.63. The lowest BCUT2D eigenvalue weighted by atomic mass is 10.1. The molecule has 0 atom stereocenters. The smallest absolute Gasteiger partial charge is 0.338 e. The van der Waals surface area contributed by atoms with Gasteiger partial charge in [0.05, 0.1) is 28.7 Å². The van der Waals surface area contributed by atoms with E-state index in [4.69, 9.17) is 4.74 Å². The summed E-state index contributed by atoms with van der Waals surface area (Å²) in [5, 5.41) is 11.6. The second-order valence-electron chi connectivity index (χ2n) is 6.41. The van der Waals surface area contributed by atoms with Crippen LogP contribution in [0.3, 0.4) is 0 Å². The molecule has 0 aliphatic rings. The van der Waals surface area contributed by atoms with Gasteiger partial charge in [-0.05, 0) is 43.7 Å². The molecule has 7 heteroatoms. The van der Waals surface area contributed by atoms with Crippen molar-refractivity contribution in [3.05, 3.63) is 86.2 Å². The van der Waals surface area contributed by atoms with Gasteiger partial charge in [0.15, 0.2) is 0 Å².